The van der Waals surface area contributed by atoms with Gasteiger partial charge in [0, 0.05) is 24.3 Å². The average Bonchev–Trinajstić information content (AvgIpc) is 3.49. The van der Waals surface area contributed by atoms with E-state index in [1.807, 2.05) is 0 Å². The first-order chi connectivity index (χ1) is 18.3. The highest BCUT2D eigenvalue weighted by atomic mass is 19.1. The molecular weight excluding hydrogens is 506 g/mol. The fourth-order valence-electron chi connectivity index (χ4n) is 5.82. The lowest BCUT2D eigenvalue weighted by atomic mass is 9.60. The third kappa shape index (κ3) is 4.96. The first kappa shape index (κ1) is 26.4. The van der Waals surface area contributed by atoms with Gasteiger partial charge in [-0.1, -0.05) is 5.16 Å². The molecule has 2 amide bonds. The Morgan fingerprint density at radius 3 is 2.63 bits per heavy atom. The quantitative estimate of drug-likeness (QED) is 0.344. The van der Waals surface area contributed by atoms with Crippen LogP contribution in [0, 0.1) is 35.3 Å². The molecule has 0 radical (unpaired) electrons. The van der Waals surface area contributed by atoms with Gasteiger partial charge in [0.25, 0.3) is 0 Å². The predicted octanol–water partition coefficient (Wildman–Crippen LogP) is 1.77. The number of carbonyl (C=O) groups excluding carboxylic acids is 2. The number of hydrogen-bond acceptors (Lipinski definition) is 9. The summed E-state index contributed by atoms with van der Waals surface area (Å²) in [5.41, 5.74) is 0.0558. The molecular formula is C26H28F2N2O8. The van der Waals surface area contributed by atoms with Crippen molar-refractivity contribution < 1.29 is 47.7 Å². The number of amides is 2. The fourth-order valence-corrected chi connectivity index (χ4v) is 5.82. The van der Waals surface area contributed by atoms with E-state index in [1.54, 1.807) is 12.1 Å². The zero-order valence-corrected chi connectivity index (χ0v) is 20.3. The van der Waals surface area contributed by atoms with Gasteiger partial charge in [0.05, 0.1) is 48.3 Å². The van der Waals surface area contributed by atoms with E-state index in [1.165, 1.54) is 6.26 Å². The van der Waals surface area contributed by atoms with Crippen LogP contribution in [0.1, 0.15) is 25.0 Å². The maximum Gasteiger partial charge on any atom is 0.238 e. The van der Waals surface area contributed by atoms with Gasteiger partial charge in [0.2, 0.25) is 11.8 Å². The molecule has 38 heavy (non-hydrogen) atoms. The largest absolute Gasteiger partial charge is 0.467 e. The molecule has 3 N–H and O–H groups in total. The van der Waals surface area contributed by atoms with E-state index in [9.17, 15) is 33.7 Å². The summed E-state index contributed by atoms with van der Waals surface area (Å²) in [6, 6.07) is 6.05. The second kappa shape index (κ2) is 10.9. The van der Waals surface area contributed by atoms with Crippen LogP contribution < -0.4 is 4.90 Å². The molecule has 2 saturated carbocycles. The van der Waals surface area contributed by atoms with Crippen LogP contribution in [0.15, 0.2) is 46.2 Å². The molecule has 10 nitrogen and oxygen atoms in total. The lowest BCUT2D eigenvalue weighted by molar-refractivity contribution is -0.132. The van der Waals surface area contributed by atoms with Crippen molar-refractivity contribution in [2.24, 2.45) is 28.8 Å². The molecule has 1 saturated heterocycles. The Morgan fingerprint density at radius 1 is 1.11 bits per heavy atom. The molecule has 2 aromatic rings. The number of halogens is 2. The number of imide groups is 1. The van der Waals surface area contributed by atoms with Crippen LogP contribution in [0.2, 0.25) is 0 Å². The Hall–Kier alpha value is -3.19. The van der Waals surface area contributed by atoms with Gasteiger partial charge in [-0.15, -0.1) is 0 Å². The minimum atomic E-state index is -1.32. The summed E-state index contributed by atoms with van der Waals surface area (Å²) >= 11 is 0. The summed E-state index contributed by atoms with van der Waals surface area (Å²) in [5.74, 6) is -5.78. The SMILES string of the molecule is O=C1[C@H]2[C@H]3[C@H](O)[C@H](O)C/C(=N\OC[C@@H](O)COCc4ccco4)[C@@H]3CC[C@H]2C(=O)N1c1ccc(F)cc1F. The van der Waals surface area contributed by atoms with E-state index in [0.29, 0.717) is 28.9 Å². The summed E-state index contributed by atoms with van der Waals surface area (Å²) < 4.78 is 38.4. The molecule has 5 rings (SSSR count). The summed E-state index contributed by atoms with van der Waals surface area (Å²) in [5, 5.41) is 35.6. The van der Waals surface area contributed by atoms with Gasteiger partial charge in [0.1, 0.15) is 36.7 Å². The molecule has 204 valence electrons. The minimum absolute atomic E-state index is 0.0107. The number of furan rings is 1. The molecule has 1 aromatic heterocycles. The van der Waals surface area contributed by atoms with Gasteiger partial charge in [-0.2, -0.15) is 0 Å². The Bertz CT molecular complexity index is 1210. The zero-order chi connectivity index (χ0) is 27.0. The summed E-state index contributed by atoms with van der Waals surface area (Å²) in [6.45, 7) is -0.0472. The van der Waals surface area contributed by atoms with Gasteiger partial charge in [-0.25, -0.2) is 13.7 Å². The molecule has 0 unspecified atom stereocenters. The second-order valence-electron chi connectivity index (χ2n) is 9.89. The molecule has 0 spiro atoms. The highest BCUT2D eigenvalue weighted by Crippen LogP contribution is 2.50. The minimum Gasteiger partial charge on any atom is -0.467 e. The number of benzene rings is 1. The summed E-state index contributed by atoms with van der Waals surface area (Å²) in [4.78, 5) is 32.6. The van der Waals surface area contributed by atoms with Crippen molar-refractivity contribution in [2.45, 2.75) is 44.2 Å². The van der Waals surface area contributed by atoms with Gasteiger partial charge in [-0.05, 0) is 37.1 Å². The van der Waals surface area contributed by atoms with Gasteiger partial charge >= 0.3 is 0 Å². The van der Waals surface area contributed by atoms with Crippen molar-refractivity contribution in [3.8, 4) is 0 Å². The maximum atomic E-state index is 14.5. The topological polar surface area (TPSA) is 142 Å². The Morgan fingerprint density at radius 2 is 1.89 bits per heavy atom. The lowest BCUT2D eigenvalue weighted by Crippen LogP contribution is -2.54. The van der Waals surface area contributed by atoms with Gasteiger partial charge < -0.3 is 29.3 Å². The number of fused-ring (bicyclic) bond motifs is 3. The number of rotatable bonds is 8. The van der Waals surface area contributed by atoms with Gasteiger partial charge in [-0.3, -0.25) is 9.59 Å². The van der Waals surface area contributed by atoms with E-state index >= 15 is 0 Å². The molecule has 12 heteroatoms. The van der Waals surface area contributed by atoms with Crippen molar-refractivity contribution in [3.05, 3.63) is 54.0 Å². The number of aliphatic hydroxyl groups excluding tert-OH is 3. The third-order valence-corrected chi connectivity index (χ3v) is 7.51. The number of aliphatic hydroxyl groups is 3. The Labute approximate surface area is 216 Å². The van der Waals surface area contributed by atoms with E-state index < -0.39 is 65.4 Å². The maximum absolute atomic E-state index is 14.5. The molecule has 2 heterocycles. The molecule has 0 bridgehead atoms. The van der Waals surface area contributed by atoms with E-state index in [-0.39, 0.29) is 38.3 Å². The van der Waals surface area contributed by atoms with Crippen LogP contribution in [0.5, 0.6) is 0 Å². The van der Waals surface area contributed by atoms with E-state index in [0.717, 1.165) is 12.1 Å². The smallest absolute Gasteiger partial charge is 0.238 e. The molecule has 3 aliphatic rings. The number of oxime groups is 1. The first-order valence-electron chi connectivity index (χ1n) is 12.4. The van der Waals surface area contributed by atoms with Crippen LogP contribution in [-0.4, -0.2) is 64.4 Å². The number of nitrogens with zero attached hydrogens (tertiary/aromatic N) is 2. The third-order valence-electron chi connectivity index (χ3n) is 7.51. The average molecular weight is 535 g/mol. The van der Waals surface area contributed by atoms with Crippen molar-refractivity contribution in [2.75, 3.05) is 18.1 Å². The number of hydrogen-bond donors (Lipinski definition) is 3. The van der Waals surface area contributed by atoms with Crippen LogP contribution in [0.4, 0.5) is 14.5 Å². The molecule has 7 atom stereocenters. The zero-order valence-electron chi connectivity index (χ0n) is 20.3. The van der Waals surface area contributed by atoms with Crippen molar-refractivity contribution in [1.82, 2.24) is 0 Å². The standard InChI is InChI=1S/C26H28F2N2O8/c27-13-3-6-20(18(28)8-13)30-25(34)17-5-4-16-19(9-21(32)24(33)22(16)23(17)26(30)35)29-38-11-14(31)10-36-12-15-2-1-7-37-15/h1-3,6-8,14,16-17,21-24,31-33H,4-5,9-12H2/b29-19+/t14-,16-,17+,21+,22-,23+,24+/m0/s1. The van der Waals surface area contributed by atoms with Gasteiger partial charge in [0.15, 0.2) is 0 Å². The van der Waals surface area contributed by atoms with Crippen molar-refractivity contribution in [3.63, 3.8) is 0 Å². The van der Waals surface area contributed by atoms with Crippen molar-refractivity contribution >= 4 is 23.2 Å². The highest BCUT2D eigenvalue weighted by Gasteiger charge is 2.60. The summed E-state index contributed by atoms with van der Waals surface area (Å²) in [7, 11) is 0. The van der Waals surface area contributed by atoms with Crippen LogP contribution >= 0.6 is 0 Å². The van der Waals surface area contributed by atoms with E-state index in [2.05, 4.69) is 5.16 Å². The molecule has 1 aliphatic heterocycles. The first-order valence-corrected chi connectivity index (χ1v) is 12.4. The molecule has 1 aromatic carbocycles. The number of carbonyl (C=O) groups is 2. The normalized spacial score (nSPS) is 30.9. The second-order valence-corrected chi connectivity index (χ2v) is 9.89. The number of anilines is 1. The Kier molecular flexibility index (Phi) is 7.57. The highest BCUT2D eigenvalue weighted by molar-refractivity contribution is 6.22. The predicted molar refractivity (Wildman–Crippen MR) is 126 cm³/mol. The van der Waals surface area contributed by atoms with Crippen LogP contribution in [-0.2, 0) is 25.8 Å². The monoisotopic (exact) mass is 534 g/mol. The molecule has 2 aliphatic carbocycles. The van der Waals surface area contributed by atoms with Crippen LogP contribution in [0.25, 0.3) is 0 Å². The van der Waals surface area contributed by atoms with Crippen molar-refractivity contribution in [1.29, 1.82) is 0 Å². The number of ether oxygens (including phenoxy) is 1. The molecule has 3 fully saturated rings. The van der Waals surface area contributed by atoms with Crippen LogP contribution in [0.3, 0.4) is 0 Å². The lowest BCUT2D eigenvalue weighted by Gasteiger charge is -2.45. The van der Waals surface area contributed by atoms with E-state index in [4.69, 9.17) is 14.0 Å². The summed E-state index contributed by atoms with van der Waals surface area (Å²) in [6.07, 6.45) is -1.41. The Balaban J connectivity index is 1.28. The fraction of sp³-hybridized carbons (Fsp3) is 0.500.